The lowest BCUT2D eigenvalue weighted by Gasteiger charge is -2.18. The van der Waals surface area contributed by atoms with Crippen LogP contribution in [-0.2, 0) is 29.1 Å². The third-order valence-corrected chi connectivity index (χ3v) is 10.6. The molecule has 4 N–H and O–H groups in total. The monoisotopic (exact) mass is 744 g/mol. The third kappa shape index (κ3) is 7.83. The van der Waals surface area contributed by atoms with Crippen molar-refractivity contribution in [2.24, 2.45) is 0 Å². The summed E-state index contributed by atoms with van der Waals surface area (Å²) in [6.45, 7) is 2.39. The van der Waals surface area contributed by atoms with Crippen molar-refractivity contribution in [1.82, 2.24) is 31.2 Å². The molecule has 2 aromatic heterocycles. The molecule has 2 saturated heterocycles. The lowest BCUT2D eigenvalue weighted by molar-refractivity contribution is -0.120. The Balaban J connectivity index is 1.06. The van der Waals surface area contributed by atoms with Crippen LogP contribution in [0.4, 0.5) is 0 Å². The van der Waals surface area contributed by atoms with Gasteiger partial charge in [0.1, 0.15) is 11.1 Å². The van der Waals surface area contributed by atoms with E-state index < -0.39 is 0 Å². The molecule has 13 heteroatoms. The van der Waals surface area contributed by atoms with Crippen LogP contribution in [0, 0.1) is 0 Å². The minimum atomic E-state index is -0.251. The van der Waals surface area contributed by atoms with Crippen molar-refractivity contribution in [2.75, 3.05) is 27.3 Å². The second-order valence-corrected chi connectivity index (χ2v) is 14.1. The van der Waals surface area contributed by atoms with Gasteiger partial charge in [-0.15, -0.1) is 0 Å². The highest BCUT2D eigenvalue weighted by molar-refractivity contribution is 6.36. The number of pyridine rings is 2. The highest BCUT2D eigenvalue weighted by Crippen LogP contribution is 2.44. The molecule has 0 spiro atoms. The summed E-state index contributed by atoms with van der Waals surface area (Å²) in [5.41, 5.74) is 7.43. The third-order valence-electron chi connectivity index (χ3n) is 9.93. The number of carbonyl (C=O) groups excluding carboxylic acids is 2. The summed E-state index contributed by atoms with van der Waals surface area (Å²) in [6.07, 6.45) is 4.09. The number of benzene rings is 2. The summed E-state index contributed by atoms with van der Waals surface area (Å²) in [4.78, 5) is 32.5. The van der Waals surface area contributed by atoms with Gasteiger partial charge in [-0.05, 0) is 54.5 Å². The number of aromatic nitrogens is 2. The molecule has 7 rings (SSSR count). The van der Waals surface area contributed by atoms with E-state index in [4.69, 9.17) is 42.4 Å². The summed E-state index contributed by atoms with van der Waals surface area (Å²) < 4.78 is 17.8. The zero-order valence-corrected chi connectivity index (χ0v) is 30.7. The molecular formula is C39H42Cl2N6O5. The van der Waals surface area contributed by atoms with Gasteiger partial charge in [0.05, 0.1) is 24.9 Å². The Labute approximate surface area is 313 Å². The van der Waals surface area contributed by atoms with Gasteiger partial charge in [-0.2, -0.15) is 4.98 Å². The number of hydrogen-bond acceptors (Lipinski definition) is 9. The van der Waals surface area contributed by atoms with Gasteiger partial charge < -0.3 is 35.5 Å². The first-order valence-electron chi connectivity index (χ1n) is 17.7. The number of ether oxygens (including phenoxy) is 3. The fourth-order valence-electron chi connectivity index (χ4n) is 7.30. The fraction of sp³-hybridized carbons (Fsp3) is 0.385. The van der Waals surface area contributed by atoms with Gasteiger partial charge in [-0.25, -0.2) is 4.98 Å². The van der Waals surface area contributed by atoms with Crippen molar-refractivity contribution in [3.05, 3.63) is 86.9 Å². The van der Waals surface area contributed by atoms with Crippen molar-refractivity contribution in [1.29, 1.82) is 0 Å². The summed E-state index contributed by atoms with van der Waals surface area (Å²) in [6, 6.07) is 18.2. The van der Waals surface area contributed by atoms with Crippen molar-refractivity contribution in [2.45, 2.75) is 69.8 Å². The highest BCUT2D eigenvalue weighted by atomic mass is 35.5. The Morgan fingerprint density at radius 3 is 2.04 bits per heavy atom. The van der Waals surface area contributed by atoms with Gasteiger partial charge >= 0.3 is 0 Å². The Morgan fingerprint density at radius 2 is 1.37 bits per heavy atom. The normalized spacial score (nSPS) is 19.3. The van der Waals surface area contributed by atoms with Crippen molar-refractivity contribution in [3.63, 3.8) is 0 Å². The summed E-state index contributed by atoms with van der Waals surface area (Å²) in [5.74, 6) is 1.47. The number of methoxy groups -OCH3 is 2. The van der Waals surface area contributed by atoms with E-state index in [-0.39, 0.29) is 30.0 Å². The molecule has 4 aromatic rings. The molecule has 272 valence electrons. The predicted octanol–water partition coefficient (Wildman–Crippen LogP) is 5.94. The second-order valence-electron chi connectivity index (χ2n) is 13.4. The summed E-state index contributed by atoms with van der Waals surface area (Å²) in [5, 5.41) is 13.7. The van der Waals surface area contributed by atoms with E-state index in [0.717, 1.165) is 59.1 Å². The predicted molar refractivity (Wildman–Crippen MR) is 200 cm³/mol. The number of halogens is 2. The van der Waals surface area contributed by atoms with Gasteiger partial charge in [-0.1, -0.05) is 65.7 Å². The second kappa shape index (κ2) is 16.1. The molecule has 0 bridgehead atoms. The number of rotatable bonds is 14. The molecule has 2 aliphatic heterocycles. The van der Waals surface area contributed by atoms with Crippen LogP contribution in [0.15, 0.2) is 54.6 Å². The molecule has 0 radical (unpaired) electrons. The SMILES string of the molecule is COc1nc(-c2cccc(-c3cccc4c3CC[C@@H]4Oc3nc(OC)c(CNC[C@@H]4CCC(=O)N4)cc3Cl)c2Cl)ccc1CNC[C@@H]1CCC(=O)N1. The lowest BCUT2D eigenvalue weighted by Crippen LogP contribution is -2.35. The highest BCUT2D eigenvalue weighted by Gasteiger charge is 2.29. The van der Waals surface area contributed by atoms with Crippen LogP contribution in [-0.4, -0.2) is 61.2 Å². The molecule has 52 heavy (non-hydrogen) atoms. The summed E-state index contributed by atoms with van der Waals surface area (Å²) in [7, 11) is 3.19. The van der Waals surface area contributed by atoms with Crippen molar-refractivity contribution >= 4 is 35.0 Å². The Kier molecular flexibility index (Phi) is 11.1. The van der Waals surface area contributed by atoms with Crippen molar-refractivity contribution in [3.8, 4) is 40.0 Å². The van der Waals surface area contributed by atoms with Crippen LogP contribution in [0.2, 0.25) is 10.0 Å². The van der Waals surface area contributed by atoms with Gasteiger partial charge in [-0.3, -0.25) is 9.59 Å². The number of hydrogen-bond donors (Lipinski definition) is 4. The quantitative estimate of drug-likeness (QED) is 0.124. The van der Waals surface area contributed by atoms with E-state index in [2.05, 4.69) is 38.4 Å². The smallest absolute Gasteiger partial charge is 0.236 e. The van der Waals surface area contributed by atoms with Gasteiger partial charge in [0, 0.05) is 73.4 Å². The molecule has 11 nitrogen and oxygen atoms in total. The number of nitrogens with one attached hydrogen (secondary N) is 4. The van der Waals surface area contributed by atoms with E-state index >= 15 is 0 Å². The Morgan fingerprint density at radius 1 is 0.731 bits per heavy atom. The van der Waals surface area contributed by atoms with Crippen LogP contribution in [0.1, 0.15) is 60.5 Å². The first-order chi connectivity index (χ1) is 25.3. The minimum absolute atomic E-state index is 0.0890. The fourth-order valence-corrected chi connectivity index (χ4v) is 7.84. The zero-order valence-electron chi connectivity index (χ0n) is 29.2. The topological polar surface area (TPSA) is 136 Å². The van der Waals surface area contributed by atoms with Crippen molar-refractivity contribution < 1.29 is 23.8 Å². The first kappa shape index (κ1) is 36.0. The lowest BCUT2D eigenvalue weighted by atomic mass is 9.94. The molecule has 1 aliphatic carbocycles. The zero-order chi connectivity index (χ0) is 36.2. The number of carbonyl (C=O) groups is 2. The molecule has 0 unspecified atom stereocenters. The van der Waals surface area contributed by atoms with Gasteiger partial charge in [0.15, 0.2) is 0 Å². The molecule has 3 aliphatic rings. The molecule has 3 atom stereocenters. The molecule has 2 fully saturated rings. The Hall–Kier alpha value is -4.42. The maximum absolute atomic E-state index is 11.5. The van der Waals surface area contributed by atoms with Gasteiger partial charge in [0.2, 0.25) is 29.5 Å². The van der Waals surface area contributed by atoms with Crippen LogP contribution < -0.4 is 35.5 Å². The van der Waals surface area contributed by atoms with Crippen LogP contribution >= 0.6 is 23.2 Å². The standard InChI is InChI=1S/C39H42Cl2N6O5/c1-50-37-22(18-42-20-24-10-15-34(48)44-24)9-13-32(46-37)30-8-4-7-29(36(30)41)26-5-3-6-28-27(26)12-14-33(28)52-39-31(40)17-23(38(47-39)51-2)19-43-21-25-11-16-35(49)45-25/h3-9,13,17,24-25,33,42-43H,10-12,14-16,18-21H2,1-2H3,(H,44,48)(H,45,49)/t24-,25-,33-/m0/s1. The van der Waals surface area contributed by atoms with E-state index in [9.17, 15) is 9.59 Å². The largest absolute Gasteiger partial charge is 0.481 e. The summed E-state index contributed by atoms with van der Waals surface area (Å²) >= 11 is 13.9. The van der Waals surface area contributed by atoms with Crippen LogP contribution in [0.25, 0.3) is 22.4 Å². The Bertz CT molecular complexity index is 1980. The van der Waals surface area contributed by atoms with Crippen LogP contribution in [0.3, 0.4) is 0 Å². The average Bonchev–Trinajstić information content (AvgIpc) is 3.89. The maximum atomic E-state index is 11.5. The number of amides is 2. The molecule has 2 amide bonds. The van der Waals surface area contributed by atoms with E-state index in [0.29, 0.717) is 72.4 Å². The molecule has 0 saturated carbocycles. The number of nitrogens with zero attached hydrogens (tertiary/aromatic N) is 2. The van der Waals surface area contributed by atoms with Gasteiger partial charge in [0.25, 0.3) is 0 Å². The average molecular weight is 746 g/mol. The van der Waals surface area contributed by atoms with Crippen LogP contribution in [0.5, 0.6) is 17.6 Å². The molecule has 2 aromatic carbocycles. The minimum Gasteiger partial charge on any atom is -0.481 e. The first-order valence-corrected chi connectivity index (χ1v) is 18.4. The molecular weight excluding hydrogens is 703 g/mol. The van der Waals surface area contributed by atoms with E-state index in [1.54, 1.807) is 14.2 Å². The maximum Gasteiger partial charge on any atom is 0.236 e. The van der Waals surface area contributed by atoms with E-state index in [1.807, 2.05) is 42.5 Å². The number of fused-ring (bicyclic) bond motifs is 1. The van der Waals surface area contributed by atoms with E-state index in [1.165, 1.54) is 5.56 Å². The molecule has 4 heterocycles.